The summed E-state index contributed by atoms with van der Waals surface area (Å²) in [6, 6.07) is 11.4. The average molecular weight is 419 g/mol. The fourth-order valence-corrected chi connectivity index (χ4v) is 2.71. The Bertz CT molecular complexity index is 1000. The van der Waals surface area contributed by atoms with Gasteiger partial charge >= 0.3 is 6.18 Å². The summed E-state index contributed by atoms with van der Waals surface area (Å²) in [4.78, 5) is 13.4. The van der Waals surface area contributed by atoms with Crippen LogP contribution in [-0.4, -0.2) is 39.8 Å². The van der Waals surface area contributed by atoms with Crippen molar-refractivity contribution in [3.8, 4) is 17.1 Å². The second-order valence-corrected chi connectivity index (χ2v) is 6.58. The van der Waals surface area contributed by atoms with Crippen molar-refractivity contribution in [1.29, 1.82) is 0 Å². The summed E-state index contributed by atoms with van der Waals surface area (Å²) in [5, 5.41) is 14.4. The van der Waals surface area contributed by atoms with Crippen LogP contribution in [0.3, 0.4) is 0 Å². The summed E-state index contributed by atoms with van der Waals surface area (Å²) in [7, 11) is 1.59. The van der Waals surface area contributed by atoms with Gasteiger partial charge in [0.05, 0.1) is 12.7 Å². The summed E-state index contributed by atoms with van der Waals surface area (Å²) in [5.74, 6) is 0.445. The lowest BCUT2D eigenvalue weighted by atomic mass is 10.1. The second-order valence-electron chi connectivity index (χ2n) is 6.58. The Hall–Kier alpha value is -3.43. The van der Waals surface area contributed by atoms with Crippen LogP contribution in [0.1, 0.15) is 24.1 Å². The SMILES string of the molecule is COc1ccc(CCNC(=O)C(C)n2nnc(-c3cccc(C(F)(F)F)c3)n2)cc1. The van der Waals surface area contributed by atoms with Gasteiger partial charge in [0.25, 0.3) is 0 Å². The minimum Gasteiger partial charge on any atom is -0.497 e. The fraction of sp³-hybridized carbons (Fsp3) is 0.300. The van der Waals surface area contributed by atoms with Crippen molar-refractivity contribution in [1.82, 2.24) is 25.5 Å². The van der Waals surface area contributed by atoms with Gasteiger partial charge in [-0.25, -0.2) is 0 Å². The van der Waals surface area contributed by atoms with Crippen LogP contribution in [0, 0.1) is 0 Å². The third-order valence-electron chi connectivity index (χ3n) is 4.47. The monoisotopic (exact) mass is 419 g/mol. The minimum absolute atomic E-state index is 0.0129. The zero-order chi connectivity index (χ0) is 21.7. The number of hydrogen-bond acceptors (Lipinski definition) is 5. The van der Waals surface area contributed by atoms with E-state index in [1.807, 2.05) is 24.3 Å². The number of rotatable bonds is 7. The number of methoxy groups -OCH3 is 1. The van der Waals surface area contributed by atoms with Crippen LogP contribution in [0.4, 0.5) is 13.2 Å². The molecule has 0 spiro atoms. The molecule has 1 amide bonds. The van der Waals surface area contributed by atoms with Crippen LogP contribution in [0.25, 0.3) is 11.4 Å². The Morgan fingerprint density at radius 3 is 2.60 bits per heavy atom. The number of nitrogens with one attached hydrogen (secondary N) is 1. The first-order valence-corrected chi connectivity index (χ1v) is 9.15. The Morgan fingerprint density at radius 1 is 1.20 bits per heavy atom. The number of aromatic nitrogens is 4. The molecule has 2 aromatic carbocycles. The average Bonchev–Trinajstić information content (AvgIpc) is 3.23. The first-order valence-electron chi connectivity index (χ1n) is 9.15. The quantitative estimate of drug-likeness (QED) is 0.636. The molecule has 1 heterocycles. The molecule has 0 aliphatic rings. The molecular formula is C20H20F3N5O2. The third kappa shape index (κ3) is 5.13. The van der Waals surface area contributed by atoms with Crippen molar-refractivity contribution in [3.05, 3.63) is 59.7 Å². The molecule has 7 nitrogen and oxygen atoms in total. The van der Waals surface area contributed by atoms with Crippen molar-refractivity contribution in [3.63, 3.8) is 0 Å². The smallest absolute Gasteiger partial charge is 0.416 e. The van der Waals surface area contributed by atoms with Gasteiger partial charge in [-0.2, -0.15) is 18.0 Å². The van der Waals surface area contributed by atoms with Crippen molar-refractivity contribution in [2.45, 2.75) is 25.6 Å². The van der Waals surface area contributed by atoms with Crippen molar-refractivity contribution >= 4 is 5.91 Å². The third-order valence-corrected chi connectivity index (χ3v) is 4.47. The molecule has 1 aromatic heterocycles. The zero-order valence-electron chi connectivity index (χ0n) is 16.3. The number of hydrogen-bond donors (Lipinski definition) is 1. The van der Waals surface area contributed by atoms with E-state index in [1.165, 1.54) is 12.1 Å². The summed E-state index contributed by atoms with van der Waals surface area (Å²) < 4.78 is 43.7. The van der Waals surface area contributed by atoms with Crippen molar-refractivity contribution in [2.75, 3.05) is 13.7 Å². The molecule has 10 heteroatoms. The Balaban J connectivity index is 1.60. The lowest BCUT2D eigenvalue weighted by Crippen LogP contribution is -2.33. The number of ether oxygens (including phenoxy) is 1. The van der Waals surface area contributed by atoms with E-state index < -0.39 is 17.8 Å². The highest BCUT2D eigenvalue weighted by atomic mass is 19.4. The first-order chi connectivity index (χ1) is 14.3. The highest BCUT2D eigenvalue weighted by molar-refractivity contribution is 5.79. The minimum atomic E-state index is -4.47. The van der Waals surface area contributed by atoms with Crippen LogP contribution in [-0.2, 0) is 17.4 Å². The highest BCUT2D eigenvalue weighted by Gasteiger charge is 2.31. The van der Waals surface area contributed by atoms with Crippen LogP contribution in [0.15, 0.2) is 48.5 Å². The summed E-state index contributed by atoms with van der Waals surface area (Å²) in [5.41, 5.74) is 0.401. The van der Waals surface area contributed by atoms with E-state index >= 15 is 0 Å². The standard InChI is InChI=1S/C20H20F3N5O2/c1-13(19(29)24-11-10-14-6-8-17(30-2)9-7-14)28-26-18(25-27-28)15-4-3-5-16(12-15)20(21,22)23/h3-9,12-13H,10-11H2,1-2H3,(H,24,29). The van der Waals surface area contributed by atoms with E-state index in [1.54, 1.807) is 14.0 Å². The van der Waals surface area contributed by atoms with Crippen LogP contribution in [0.5, 0.6) is 5.75 Å². The number of alkyl halides is 3. The maximum atomic E-state index is 12.9. The molecule has 0 saturated heterocycles. The van der Waals surface area contributed by atoms with Crippen molar-refractivity contribution in [2.24, 2.45) is 0 Å². The van der Waals surface area contributed by atoms with Gasteiger partial charge < -0.3 is 10.1 Å². The molecular weight excluding hydrogens is 399 g/mol. The number of amides is 1. The van der Waals surface area contributed by atoms with E-state index in [0.29, 0.717) is 13.0 Å². The fourth-order valence-electron chi connectivity index (χ4n) is 2.71. The second kappa shape index (κ2) is 8.93. The molecule has 3 aromatic rings. The lowest BCUT2D eigenvalue weighted by Gasteiger charge is -2.11. The first kappa shape index (κ1) is 21.3. The number of carbonyl (C=O) groups excluding carboxylic acids is 1. The van der Waals surface area contributed by atoms with Gasteiger partial charge in [-0.1, -0.05) is 24.3 Å². The van der Waals surface area contributed by atoms with Gasteiger partial charge in [0.2, 0.25) is 11.7 Å². The number of carbonyl (C=O) groups is 1. The van der Waals surface area contributed by atoms with E-state index in [0.717, 1.165) is 28.2 Å². The molecule has 158 valence electrons. The number of benzene rings is 2. The molecule has 1 atom stereocenters. The van der Waals surface area contributed by atoms with Crippen LogP contribution >= 0.6 is 0 Å². The van der Waals surface area contributed by atoms with Gasteiger partial charge in [-0.15, -0.1) is 10.2 Å². The van der Waals surface area contributed by atoms with E-state index in [-0.39, 0.29) is 17.3 Å². The predicted octanol–water partition coefficient (Wildman–Crippen LogP) is 3.29. The van der Waals surface area contributed by atoms with Gasteiger partial charge in [-0.05, 0) is 48.4 Å². The molecule has 0 bridgehead atoms. The number of tetrazole rings is 1. The Morgan fingerprint density at radius 2 is 1.93 bits per heavy atom. The van der Waals surface area contributed by atoms with E-state index in [4.69, 9.17) is 4.74 Å². The largest absolute Gasteiger partial charge is 0.497 e. The van der Waals surface area contributed by atoms with Gasteiger partial charge in [0, 0.05) is 12.1 Å². The van der Waals surface area contributed by atoms with Crippen molar-refractivity contribution < 1.29 is 22.7 Å². The van der Waals surface area contributed by atoms with Crippen LogP contribution in [0.2, 0.25) is 0 Å². The number of halogens is 3. The molecule has 0 aliphatic heterocycles. The molecule has 0 saturated carbocycles. The maximum absolute atomic E-state index is 12.9. The van der Waals surface area contributed by atoms with E-state index in [9.17, 15) is 18.0 Å². The Labute approximate surface area is 170 Å². The molecule has 1 N–H and O–H groups in total. The van der Waals surface area contributed by atoms with Gasteiger partial charge in [-0.3, -0.25) is 4.79 Å². The number of nitrogens with zero attached hydrogens (tertiary/aromatic N) is 4. The van der Waals surface area contributed by atoms with Gasteiger partial charge in [0.15, 0.2) is 0 Å². The molecule has 0 radical (unpaired) electrons. The summed E-state index contributed by atoms with van der Waals surface area (Å²) >= 11 is 0. The van der Waals surface area contributed by atoms with Crippen LogP contribution < -0.4 is 10.1 Å². The zero-order valence-corrected chi connectivity index (χ0v) is 16.3. The lowest BCUT2D eigenvalue weighted by molar-refractivity contribution is -0.137. The molecule has 3 rings (SSSR count). The molecule has 0 fully saturated rings. The topological polar surface area (TPSA) is 81.9 Å². The van der Waals surface area contributed by atoms with Gasteiger partial charge in [0.1, 0.15) is 11.8 Å². The maximum Gasteiger partial charge on any atom is 0.416 e. The normalized spacial score (nSPS) is 12.4. The molecule has 1 unspecified atom stereocenters. The predicted molar refractivity (Wildman–Crippen MR) is 103 cm³/mol. The Kier molecular flexibility index (Phi) is 6.34. The highest BCUT2D eigenvalue weighted by Crippen LogP contribution is 2.31. The van der Waals surface area contributed by atoms with E-state index in [2.05, 4.69) is 20.7 Å². The molecule has 0 aliphatic carbocycles. The molecule has 30 heavy (non-hydrogen) atoms. The summed E-state index contributed by atoms with van der Waals surface area (Å²) in [6.45, 7) is 1.99. The summed E-state index contributed by atoms with van der Waals surface area (Å²) in [6.07, 6.45) is -3.84.